The van der Waals surface area contributed by atoms with Crippen LogP contribution in [0.1, 0.15) is 49.5 Å². The van der Waals surface area contributed by atoms with Gasteiger partial charge in [-0.15, -0.1) is 0 Å². The molecule has 1 aromatic carbocycles. The smallest absolute Gasteiger partial charge is 0.162 e. The van der Waals surface area contributed by atoms with Crippen molar-refractivity contribution < 1.29 is 4.79 Å². The summed E-state index contributed by atoms with van der Waals surface area (Å²) in [6, 6.07) is 5.87. The normalized spacial score (nSPS) is 11.6. The first kappa shape index (κ1) is 13.4. The van der Waals surface area contributed by atoms with E-state index < -0.39 is 0 Å². The van der Waals surface area contributed by atoms with Crippen LogP contribution in [0.5, 0.6) is 0 Å². The predicted octanol–water partition coefficient (Wildman–Crippen LogP) is 4.77. The van der Waals surface area contributed by atoms with Gasteiger partial charge in [-0.05, 0) is 42.5 Å². The number of benzene rings is 1. The largest absolute Gasteiger partial charge is 0.294 e. The lowest BCUT2D eigenvalue weighted by Crippen LogP contribution is -2.09. The molecule has 0 radical (unpaired) electrons. The molecule has 88 valence electrons. The quantitative estimate of drug-likeness (QED) is 0.730. The summed E-state index contributed by atoms with van der Waals surface area (Å²) in [6.07, 6.45) is 1.55. The van der Waals surface area contributed by atoms with Crippen LogP contribution < -0.4 is 0 Å². The Balaban J connectivity index is 2.73. The summed E-state index contributed by atoms with van der Waals surface area (Å²) >= 11 is 3.42. The van der Waals surface area contributed by atoms with Crippen LogP contribution in [0.3, 0.4) is 0 Å². The molecule has 0 unspecified atom stereocenters. The second kappa shape index (κ2) is 5.13. The molecule has 2 heteroatoms. The summed E-state index contributed by atoms with van der Waals surface area (Å²) in [6.45, 7) is 8.48. The molecule has 1 nitrogen and oxygen atoms in total. The number of ketones is 1. The number of carbonyl (C=O) groups is 1. The highest BCUT2D eigenvalue weighted by Crippen LogP contribution is 2.23. The van der Waals surface area contributed by atoms with E-state index in [4.69, 9.17) is 0 Å². The topological polar surface area (TPSA) is 17.1 Å². The zero-order chi connectivity index (χ0) is 12.3. The molecule has 1 rings (SSSR count). The zero-order valence-corrected chi connectivity index (χ0v) is 12.0. The van der Waals surface area contributed by atoms with Gasteiger partial charge in [0.15, 0.2) is 5.78 Å². The summed E-state index contributed by atoms with van der Waals surface area (Å²) in [5.41, 5.74) is 2.15. The van der Waals surface area contributed by atoms with Crippen LogP contribution in [0.25, 0.3) is 0 Å². The summed E-state index contributed by atoms with van der Waals surface area (Å²) in [5.74, 6) is 0.235. The van der Waals surface area contributed by atoms with E-state index in [0.29, 0.717) is 6.42 Å². The first-order chi connectivity index (χ1) is 7.28. The predicted molar refractivity (Wildman–Crippen MR) is 71.9 cm³/mol. The molecule has 0 saturated carbocycles. The van der Waals surface area contributed by atoms with Gasteiger partial charge in [0.1, 0.15) is 0 Å². The fourth-order valence-corrected chi connectivity index (χ4v) is 2.14. The fourth-order valence-electron chi connectivity index (χ4n) is 1.53. The van der Waals surface area contributed by atoms with Gasteiger partial charge in [-0.3, -0.25) is 4.79 Å². The van der Waals surface area contributed by atoms with Gasteiger partial charge in [0.05, 0.1) is 0 Å². The molecule has 0 saturated heterocycles. The Labute approximate surface area is 106 Å². The SMILES string of the molecule is Cc1cc(Br)cc(C(=O)CCC(C)(C)C)c1. The first-order valence-electron chi connectivity index (χ1n) is 5.58. The molecule has 16 heavy (non-hydrogen) atoms. The van der Waals surface area contributed by atoms with Crippen molar-refractivity contribution in [2.75, 3.05) is 0 Å². The minimum Gasteiger partial charge on any atom is -0.294 e. The zero-order valence-electron chi connectivity index (χ0n) is 10.4. The summed E-state index contributed by atoms with van der Waals surface area (Å²) in [5, 5.41) is 0. The highest BCUT2D eigenvalue weighted by atomic mass is 79.9. The second-order valence-electron chi connectivity index (χ2n) is 5.50. The standard InChI is InChI=1S/C14H19BrO/c1-10-7-11(9-12(15)8-10)13(16)5-6-14(2,3)4/h7-9H,5-6H2,1-4H3. The first-order valence-corrected chi connectivity index (χ1v) is 6.38. The molecule has 0 aromatic heterocycles. The maximum atomic E-state index is 12.0. The van der Waals surface area contributed by atoms with E-state index in [-0.39, 0.29) is 11.2 Å². The van der Waals surface area contributed by atoms with Crippen LogP contribution in [-0.4, -0.2) is 5.78 Å². The Kier molecular flexibility index (Phi) is 4.31. The lowest BCUT2D eigenvalue weighted by atomic mass is 9.88. The van der Waals surface area contributed by atoms with Crippen molar-refractivity contribution in [2.45, 2.75) is 40.5 Å². The number of Topliss-reactive ketones (excluding diaryl/α,β-unsaturated/α-hetero) is 1. The summed E-state index contributed by atoms with van der Waals surface area (Å²) in [4.78, 5) is 12.0. The van der Waals surface area contributed by atoms with Gasteiger partial charge in [-0.1, -0.05) is 36.7 Å². The number of aryl methyl sites for hydroxylation is 1. The number of hydrogen-bond donors (Lipinski definition) is 0. The number of rotatable bonds is 3. The molecule has 0 aliphatic heterocycles. The van der Waals surface area contributed by atoms with Crippen molar-refractivity contribution in [1.29, 1.82) is 0 Å². The van der Waals surface area contributed by atoms with Gasteiger partial charge in [0.2, 0.25) is 0 Å². The maximum absolute atomic E-state index is 12.0. The van der Waals surface area contributed by atoms with Gasteiger partial charge in [-0.25, -0.2) is 0 Å². The molecule has 0 aliphatic carbocycles. The molecule has 0 amide bonds. The maximum Gasteiger partial charge on any atom is 0.162 e. The molecule has 0 heterocycles. The van der Waals surface area contributed by atoms with E-state index in [9.17, 15) is 4.79 Å². The van der Waals surface area contributed by atoms with Crippen LogP contribution in [0.4, 0.5) is 0 Å². The second-order valence-corrected chi connectivity index (χ2v) is 6.42. The van der Waals surface area contributed by atoms with Gasteiger partial charge < -0.3 is 0 Å². The van der Waals surface area contributed by atoms with E-state index in [1.54, 1.807) is 0 Å². The molecule has 0 N–H and O–H groups in total. The lowest BCUT2D eigenvalue weighted by Gasteiger charge is -2.17. The Bertz CT molecular complexity index is 368. The Hall–Kier alpha value is -0.630. The van der Waals surface area contributed by atoms with Crippen molar-refractivity contribution >= 4 is 21.7 Å². The fraction of sp³-hybridized carbons (Fsp3) is 0.500. The average molecular weight is 283 g/mol. The van der Waals surface area contributed by atoms with Crippen molar-refractivity contribution in [2.24, 2.45) is 5.41 Å². The van der Waals surface area contributed by atoms with Gasteiger partial charge in [0.25, 0.3) is 0 Å². The molecule has 0 atom stereocenters. The van der Waals surface area contributed by atoms with Crippen molar-refractivity contribution in [3.63, 3.8) is 0 Å². The monoisotopic (exact) mass is 282 g/mol. The van der Waals surface area contributed by atoms with Crippen molar-refractivity contribution in [3.8, 4) is 0 Å². The highest BCUT2D eigenvalue weighted by Gasteiger charge is 2.14. The Morgan fingerprint density at radius 3 is 2.38 bits per heavy atom. The molecule has 0 spiro atoms. The van der Waals surface area contributed by atoms with Crippen LogP contribution in [0, 0.1) is 12.3 Å². The minimum atomic E-state index is 0.219. The summed E-state index contributed by atoms with van der Waals surface area (Å²) < 4.78 is 0.978. The Morgan fingerprint density at radius 2 is 1.88 bits per heavy atom. The van der Waals surface area contributed by atoms with E-state index in [1.807, 2.05) is 25.1 Å². The molecular weight excluding hydrogens is 264 g/mol. The van der Waals surface area contributed by atoms with Crippen LogP contribution >= 0.6 is 15.9 Å². The summed E-state index contributed by atoms with van der Waals surface area (Å²) in [7, 11) is 0. The number of halogens is 1. The van der Waals surface area contributed by atoms with Crippen LogP contribution in [0.2, 0.25) is 0 Å². The molecule has 1 aromatic rings. The third-order valence-corrected chi connectivity index (χ3v) is 2.92. The third kappa shape index (κ3) is 4.48. The highest BCUT2D eigenvalue weighted by molar-refractivity contribution is 9.10. The van der Waals surface area contributed by atoms with Crippen LogP contribution in [0.15, 0.2) is 22.7 Å². The van der Waals surface area contributed by atoms with E-state index in [0.717, 1.165) is 22.0 Å². The van der Waals surface area contributed by atoms with E-state index >= 15 is 0 Å². The third-order valence-electron chi connectivity index (χ3n) is 2.47. The van der Waals surface area contributed by atoms with Crippen LogP contribution in [-0.2, 0) is 0 Å². The lowest BCUT2D eigenvalue weighted by molar-refractivity contribution is 0.0966. The molecular formula is C14H19BrO. The molecule has 0 fully saturated rings. The van der Waals surface area contributed by atoms with E-state index in [1.165, 1.54) is 0 Å². The average Bonchev–Trinajstić information content (AvgIpc) is 2.11. The minimum absolute atomic E-state index is 0.219. The molecule has 0 bridgehead atoms. The number of carbonyl (C=O) groups excluding carboxylic acids is 1. The molecule has 0 aliphatic rings. The van der Waals surface area contributed by atoms with E-state index in [2.05, 4.69) is 36.7 Å². The van der Waals surface area contributed by atoms with Gasteiger partial charge in [-0.2, -0.15) is 0 Å². The Morgan fingerprint density at radius 1 is 1.25 bits per heavy atom. The van der Waals surface area contributed by atoms with Gasteiger partial charge >= 0.3 is 0 Å². The van der Waals surface area contributed by atoms with Crippen molar-refractivity contribution in [1.82, 2.24) is 0 Å². The van der Waals surface area contributed by atoms with Crippen molar-refractivity contribution in [3.05, 3.63) is 33.8 Å². The number of hydrogen-bond acceptors (Lipinski definition) is 1. The van der Waals surface area contributed by atoms with Gasteiger partial charge in [0, 0.05) is 16.5 Å².